The highest BCUT2D eigenvalue weighted by molar-refractivity contribution is 8.00. The SMILES string of the molecule is CC(C)(C#N)N1CCN(C(=O)C2CCCS2)CC1. The van der Waals surface area contributed by atoms with E-state index in [2.05, 4.69) is 11.0 Å². The fraction of sp³-hybridized carbons (Fsp3) is 0.846. The predicted octanol–water partition coefficient (Wildman–Crippen LogP) is 1.33. The quantitative estimate of drug-likeness (QED) is 0.757. The fourth-order valence-electron chi connectivity index (χ4n) is 2.53. The van der Waals surface area contributed by atoms with E-state index in [4.69, 9.17) is 5.26 Å². The number of nitriles is 1. The summed E-state index contributed by atoms with van der Waals surface area (Å²) in [7, 11) is 0. The molecule has 1 atom stereocenters. The van der Waals surface area contributed by atoms with Crippen molar-refractivity contribution in [3.63, 3.8) is 0 Å². The van der Waals surface area contributed by atoms with Crippen molar-refractivity contribution in [3.05, 3.63) is 0 Å². The second-order valence-corrected chi connectivity index (χ2v) is 6.80. The third-order valence-electron chi connectivity index (χ3n) is 3.86. The van der Waals surface area contributed by atoms with Crippen LogP contribution in [0.5, 0.6) is 0 Å². The molecule has 2 fully saturated rings. The Morgan fingerprint density at radius 2 is 2.00 bits per heavy atom. The van der Waals surface area contributed by atoms with Crippen LogP contribution in [0.15, 0.2) is 0 Å². The first kappa shape index (κ1) is 13.7. The summed E-state index contributed by atoms with van der Waals surface area (Å²) in [5.74, 6) is 1.43. The molecule has 18 heavy (non-hydrogen) atoms. The minimum atomic E-state index is -0.419. The van der Waals surface area contributed by atoms with Crippen LogP contribution in [0.25, 0.3) is 0 Å². The number of carbonyl (C=O) groups excluding carboxylic acids is 1. The molecule has 0 aliphatic carbocycles. The molecule has 0 aromatic rings. The summed E-state index contributed by atoms with van der Waals surface area (Å²) in [5.41, 5.74) is -0.419. The van der Waals surface area contributed by atoms with E-state index < -0.39 is 5.54 Å². The Morgan fingerprint density at radius 1 is 1.33 bits per heavy atom. The smallest absolute Gasteiger partial charge is 0.235 e. The number of hydrogen-bond donors (Lipinski definition) is 0. The first-order valence-corrected chi connectivity index (χ1v) is 7.66. The van der Waals surface area contributed by atoms with Crippen LogP contribution in [0.3, 0.4) is 0 Å². The van der Waals surface area contributed by atoms with E-state index in [1.807, 2.05) is 18.7 Å². The maximum atomic E-state index is 12.2. The van der Waals surface area contributed by atoms with E-state index in [9.17, 15) is 4.79 Å². The predicted molar refractivity (Wildman–Crippen MR) is 73.3 cm³/mol. The van der Waals surface area contributed by atoms with Gasteiger partial charge in [0.05, 0.1) is 11.3 Å². The molecule has 2 saturated heterocycles. The summed E-state index contributed by atoms with van der Waals surface area (Å²) in [6.45, 7) is 7.03. The Morgan fingerprint density at radius 3 is 2.50 bits per heavy atom. The van der Waals surface area contributed by atoms with Crippen molar-refractivity contribution in [2.24, 2.45) is 0 Å². The van der Waals surface area contributed by atoms with E-state index in [1.165, 1.54) is 6.42 Å². The lowest BCUT2D eigenvalue weighted by Gasteiger charge is -2.41. The summed E-state index contributed by atoms with van der Waals surface area (Å²) >= 11 is 1.80. The molecule has 0 bridgehead atoms. The minimum absolute atomic E-state index is 0.195. The van der Waals surface area contributed by atoms with Crippen LogP contribution in [-0.2, 0) is 4.79 Å². The summed E-state index contributed by atoms with van der Waals surface area (Å²) < 4.78 is 0. The summed E-state index contributed by atoms with van der Waals surface area (Å²) in [5, 5.41) is 9.31. The van der Waals surface area contributed by atoms with Gasteiger partial charge in [-0.15, -0.1) is 11.8 Å². The molecule has 5 heteroatoms. The van der Waals surface area contributed by atoms with Crippen molar-refractivity contribution in [1.29, 1.82) is 5.26 Å². The van der Waals surface area contributed by atoms with Gasteiger partial charge >= 0.3 is 0 Å². The summed E-state index contributed by atoms with van der Waals surface area (Å²) in [6, 6.07) is 2.33. The molecule has 1 amide bonds. The van der Waals surface area contributed by atoms with Crippen LogP contribution < -0.4 is 0 Å². The molecule has 4 nitrogen and oxygen atoms in total. The highest BCUT2D eigenvalue weighted by Gasteiger charge is 2.34. The lowest BCUT2D eigenvalue weighted by atomic mass is 10.0. The van der Waals surface area contributed by atoms with Crippen LogP contribution in [0.2, 0.25) is 0 Å². The molecule has 1 unspecified atom stereocenters. The van der Waals surface area contributed by atoms with Gasteiger partial charge in [0.1, 0.15) is 5.54 Å². The topological polar surface area (TPSA) is 47.3 Å². The van der Waals surface area contributed by atoms with E-state index in [0.717, 1.165) is 38.4 Å². The number of amides is 1. The molecule has 0 aromatic heterocycles. The van der Waals surface area contributed by atoms with Crippen molar-refractivity contribution in [3.8, 4) is 6.07 Å². The van der Waals surface area contributed by atoms with Crippen LogP contribution >= 0.6 is 11.8 Å². The largest absolute Gasteiger partial charge is 0.339 e. The van der Waals surface area contributed by atoms with Gasteiger partial charge in [-0.1, -0.05) is 0 Å². The first-order chi connectivity index (χ1) is 8.54. The van der Waals surface area contributed by atoms with Gasteiger partial charge in [0.2, 0.25) is 5.91 Å². The van der Waals surface area contributed by atoms with Gasteiger partial charge in [0.25, 0.3) is 0 Å². The second kappa shape index (κ2) is 5.50. The van der Waals surface area contributed by atoms with Gasteiger partial charge < -0.3 is 4.90 Å². The molecule has 0 aromatic carbocycles. The highest BCUT2D eigenvalue weighted by atomic mass is 32.2. The zero-order chi connectivity index (χ0) is 13.2. The highest BCUT2D eigenvalue weighted by Crippen LogP contribution is 2.28. The molecular weight excluding hydrogens is 246 g/mol. The maximum absolute atomic E-state index is 12.2. The standard InChI is InChI=1S/C13H21N3OS/c1-13(2,10-14)16-7-5-15(6-8-16)12(17)11-4-3-9-18-11/h11H,3-9H2,1-2H3. The van der Waals surface area contributed by atoms with Crippen LogP contribution in [0, 0.1) is 11.3 Å². The molecule has 100 valence electrons. The van der Waals surface area contributed by atoms with E-state index >= 15 is 0 Å². The number of piperazine rings is 1. The number of hydrogen-bond acceptors (Lipinski definition) is 4. The van der Waals surface area contributed by atoms with Crippen molar-refractivity contribution >= 4 is 17.7 Å². The molecule has 0 radical (unpaired) electrons. The number of rotatable bonds is 2. The molecule has 2 aliphatic heterocycles. The Bertz CT molecular complexity index is 350. The van der Waals surface area contributed by atoms with Crippen LogP contribution in [-0.4, -0.2) is 58.4 Å². The van der Waals surface area contributed by atoms with Gasteiger partial charge in [-0.05, 0) is 32.4 Å². The summed E-state index contributed by atoms with van der Waals surface area (Å²) in [6.07, 6.45) is 2.20. The molecule has 2 aliphatic rings. The van der Waals surface area contributed by atoms with Crippen molar-refractivity contribution in [2.45, 2.75) is 37.5 Å². The van der Waals surface area contributed by atoms with Crippen LogP contribution in [0.4, 0.5) is 0 Å². The molecule has 0 N–H and O–H groups in total. The molecule has 0 saturated carbocycles. The monoisotopic (exact) mass is 267 g/mol. The molecule has 0 spiro atoms. The van der Waals surface area contributed by atoms with Gasteiger partial charge in [-0.3, -0.25) is 9.69 Å². The lowest BCUT2D eigenvalue weighted by Crippen LogP contribution is -2.56. The number of carbonyl (C=O) groups is 1. The summed E-state index contributed by atoms with van der Waals surface area (Å²) in [4.78, 5) is 16.4. The third-order valence-corrected chi connectivity index (χ3v) is 5.22. The van der Waals surface area contributed by atoms with Crippen molar-refractivity contribution in [1.82, 2.24) is 9.80 Å². The van der Waals surface area contributed by atoms with Crippen LogP contribution in [0.1, 0.15) is 26.7 Å². The minimum Gasteiger partial charge on any atom is -0.339 e. The Balaban J connectivity index is 1.87. The maximum Gasteiger partial charge on any atom is 0.235 e. The average Bonchev–Trinajstić information content (AvgIpc) is 2.92. The Hall–Kier alpha value is -0.730. The molecule has 2 heterocycles. The molecular formula is C13H21N3OS. The second-order valence-electron chi connectivity index (χ2n) is 5.48. The van der Waals surface area contributed by atoms with Gasteiger partial charge in [-0.2, -0.15) is 5.26 Å². The Kier molecular flexibility index (Phi) is 4.18. The normalized spacial score (nSPS) is 26.1. The zero-order valence-corrected chi connectivity index (χ0v) is 12.0. The van der Waals surface area contributed by atoms with E-state index in [0.29, 0.717) is 5.91 Å². The fourth-order valence-corrected chi connectivity index (χ4v) is 3.78. The molecule has 2 rings (SSSR count). The van der Waals surface area contributed by atoms with Crippen molar-refractivity contribution in [2.75, 3.05) is 31.9 Å². The number of thioether (sulfide) groups is 1. The lowest BCUT2D eigenvalue weighted by molar-refractivity contribution is -0.132. The van der Waals surface area contributed by atoms with Crippen molar-refractivity contribution < 1.29 is 4.79 Å². The van der Waals surface area contributed by atoms with E-state index in [1.54, 1.807) is 11.8 Å². The number of nitrogens with zero attached hydrogens (tertiary/aromatic N) is 3. The van der Waals surface area contributed by atoms with Gasteiger partial charge in [0.15, 0.2) is 0 Å². The van der Waals surface area contributed by atoms with Gasteiger partial charge in [-0.25, -0.2) is 0 Å². The Labute approximate surface area is 113 Å². The average molecular weight is 267 g/mol. The van der Waals surface area contributed by atoms with E-state index in [-0.39, 0.29) is 5.25 Å². The zero-order valence-electron chi connectivity index (χ0n) is 11.2. The first-order valence-electron chi connectivity index (χ1n) is 6.61. The third kappa shape index (κ3) is 2.81. The van der Waals surface area contributed by atoms with Gasteiger partial charge in [0, 0.05) is 26.2 Å².